The van der Waals surface area contributed by atoms with Crippen molar-refractivity contribution < 1.29 is 4.79 Å². The van der Waals surface area contributed by atoms with E-state index in [2.05, 4.69) is 31.6 Å². The number of pyridine rings is 2. The summed E-state index contributed by atoms with van der Waals surface area (Å²) in [6, 6.07) is 13.5. The summed E-state index contributed by atoms with van der Waals surface area (Å²) in [7, 11) is 0. The van der Waals surface area contributed by atoms with E-state index in [0.29, 0.717) is 40.8 Å². The number of halogens is 1. The number of carbonyl (C=O) groups excluding carboxylic acids is 1. The molecule has 9 heteroatoms. The Balaban J connectivity index is 1.44. The van der Waals surface area contributed by atoms with E-state index in [0.717, 1.165) is 22.4 Å². The van der Waals surface area contributed by atoms with Gasteiger partial charge < -0.3 is 10.2 Å². The summed E-state index contributed by atoms with van der Waals surface area (Å²) in [4.78, 5) is 23.1. The van der Waals surface area contributed by atoms with Gasteiger partial charge in [0.05, 0.1) is 29.6 Å². The van der Waals surface area contributed by atoms with Crippen molar-refractivity contribution in [2.75, 3.05) is 16.8 Å². The quantitative estimate of drug-likeness (QED) is 0.435. The highest BCUT2D eigenvalue weighted by atomic mass is 35.5. The molecule has 4 heterocycles. The smallest absolute Gasteiger partial charge is 0.231 e. The molecule has 0 bridgehead atoms. The van der Waals surface area contributed by atoms with Crippen LogP contribution in [0.25, 0.3) is 11.1 Å². The molecule has 4 aromatic rings. The van der Waals surface area contributed by atoms with Crippen molar-refractivity contribution in [2.45, 2.75) is 12.8 Å². The van der Waals surface area contributed by atoms with Gasteiger partial charge in [-0.3, -0.25) is 9.89 Å². The van der Waals surface area contributed by atoms with E-state index in [4.69, 9.17) is 11.6 Å². The highest BCUT2D eigenvalue weighted by Crippen LogP contribution is 2.37. The monoisotopic (exact) mass is 455 g/mol. The number of nitrogens with zero attached hydrogens (tertiary/aromatic N) is 5. The van der Waals surface area contributed by atoms with E-state index in [-0.39, 0.29) is 12.3 Å². The Hall–Kier alpha value is -4.22. The molecule has 1 aliphatic rings. The zero-order valence-corrected chi connectivity index (χ0v) is 18.2. The van der Waals surface area contributed by atoms with Crippen LogP contribution in [-0.4, -0.2) is 32.6 Å². The van der Waals surface area contributed by atoms with Gasteiger partial charge in [0.25, 0.3) is 0 Å². The first-order chi connectivity index (χ1) is 16.1. The fourth-order valence-electron chi connectivity index (χ4n) is 4.00. The summed E-state index contributed by atoms with van der Waals surface area (Å²) < 4.78 is 0. The van der Waals surface area contributed by atoms with Crippen LogP contribution in [0.15, 0.2) is 61.2 Å². The van der Waals surface area contributed by atoms with Crippen LogP contribution in [0.5, 0.6) is 0 Å². The number of benzene rings is 1. The number of nitriles is 1. The van der Waals surface area contributed by atoms with Gasteiger partial charge in [-0.15, -0.1) is 0 Å². The first kappa shape index (κ1) is 20.7. The fourth-order valence-corrected chi connectivity index (χ4v) is 4.19. The third-order valence-corrected chi connectivity index (χ3v) is 5.87. The predicted octanol–water partition coefficient (Wildman–Crippen LogP) is 4.27. The minimum Gasteiger partial charge on any atom is -0.338 e. The molecule has 0 aliphatic carbocycles. The molecule has 5 rings (SSSR count). The average Bonchev–Trinajstić information content (AvgIpc) is 3.50. The molecule has 8 nitrogen and oxygen atoms in total. The van der Waals surface area contributed by atoms with E-state index in [9.17, 15) is 10.1 Å². The van der Waals surface area contributed by atoms with Gasteiger partial charge in [0.2, 0.25) is 5.91 Å². The molecule has 0 saturated heterocycles. The Bertz CT molecular complexity index is 1380. The Labute approximate surface area is 194 Å². The highest BCUT2D eigenvalue weighted by molar-refractivity contribution is 6.30. The molecule has 33 heavy (non-hydrogen) atoms. The van der Waals surface area contributed by atoms with Gasteiger partial charge in [-0.05, 0) is 59.0 Å². The van der Waals surface area contributed by atoms with Crippen LogP contribution in [0.1, 0.15) is 16.7 Å². The van der Waals surface area contributed by atoms with Gasteiger partial charge in [-0.2, -0.15) is 10.4 Å². The number of H-pyrrole nitrogens is 1. The maximum Gasteiger partial charge on any atom is 0.231 e. The van der Waals surface area contributed by atoms with Gasteiger partial charge in [0.15, 0.2) is 0 Å². The lowest BCUT2D eigenvalue weighted by Crippen LogP contribution is -2.31. The Morgan fingerprint density at radius 1 is 1.21 bits per heavy atom. The second-order valence-electron chi connectivity index (χ2n) is 7.61. The molecule has 0 fully saturated rings. The second-order valence-corrected chi connectivity index (χ2v) is 7.97. The second kappa shape index (κ2) is 8.73. The molecule has 0 unspecified atom stereocenters. The minimum atomic E-state index is -0.108. The van der Waals surface area contributed by atoms with Crippen LogP contribution < -0.4 is 10.2 Å². The zero-order chi connectivity index (χ0) is 22.8. The third kappa shape index (κ3) is 4.14. The van der Waals surface area contributed by atoms with Crippen LogP contribution in [0.4, 0.5) is 17.2 Å². The van der Waals surface area contributed by atoms with E-state index in [1.807, 2.05) is 24.3 Å². The molecule has 0 atom stereocenters. The van der Waals surface area contributed by atoms with Crippen LogP contribution in [0.2, 0.25) is 5.15 Å². The van der Waals surface area contributed by atoms with Crippen molar-refractivity contribution in [1.29, 1.82) is 5.26 Å². The van der Waals surface area contributed by atoms with Crippen molar-refractivity contribution >= 4 is 34.7 Å². The van der Waals surface area contributed by atoms with Crippen molar-refractivity contribution in [1.82, 2.24) is 20.2 Å². The standard InChI is InChI=1S/C24H18ClN7O/c25-24-17(2-1-5-28-24)11-22(33)32-7-4-16-8-18(9-19(12-26)23(16)32)15-3-6-27-21(10-15)31-20-13-29-30-14-20/h1-3,5-6,8-10,13-14H,4,7,11H2,(H,27,31)(H,29,30). The minimum absolute atomic E-state index is 0.108. The summed E-state index contributed by atoms with van der Waals surface area (Å²) in [5.41, 5.74) is 5.39. The van der Waals surface area contributed by atoms with Crippen LogP contribution >= 0.6 is 11.6 Å². The van der Waals surface area contributed by atoms with Crippen molar-refractivity contribution in [2.24, 2.45) is 0 Å². The summed E-state index contributed by atoms with van der Waals surface area (Å²) in [6.45, 7) is 0.522. The molecule has 3 aromatic heterocycles. The van der Waals surface area contributed by atoms with Crippen LogP contribution in [0, 0.1) is 11.3 Å². The fraction of sp³-hybridized carbons (Fsp3) is 0.125. The van der Waals surface area contributed by atoms with Gasteiger partial charge >= 0.3 is 0 Å². The molecular formula is C24H18ClN7O. The van der Waals surface area contributed by atoms with Gasteiger partial charge in [-0.25, -0.2) is 9.97 Å². The van der Waals surface area contributed by atoms with Gasteiger partial charge in [-0.1, -0.05) is 17.7 Å². The maximum absolute atomic E-state index is 13.1. The molecule has 1 aliphatic heterocycles. The molecule has 0 spiro atoms. The summed E-state index contributed by atoms with van der Waals surface area (Å²) in [6.07, 6.45) is 7.52. The average molecular weight is 456 g/mol. The number of carbonyl (C=O) groups is 1. The third-order valence-electron chi connectivity index (χ3n) is 5.53. The summed E-state index contributed by atoms with van der Waals surface area (Å²) in [5.74, 6) is 0.557. The van der Waals surface area contributed by atoms with Crippen LogP contribution in [0.3, 0.4) is 0 Å². The Morgan fingerprint density at radius 3 is 2.91 bits per heavy atom. The number of anilines is 3. The SMILES string of the molecule is N#Cc1cc(-c2ccnc(Nc3cn[nH]c3)c2)cc2c1N(C(=O)Cc1cccnc1Cl)CC2. The number of hydrogen-bond acceptors (Lipinski definition) is 6. The first-order valence-electron chi connectivity index (χ1n) is 10.3. The predicted molar refractivity (Wildman–Crippen MR) is 125 cm³/mol. The largest absolute Gasteiger partial charge is 0.338 e. The number of amides is 1. The van der Waals surface area contributed by atoms with Gasteiger partial charge in [0, 0.05) is 25.1 Å². The van der Waals surface area contributed by atoms with E-state index < -0.39 is 0 Å². The zero-order valence-electron chi connectivity index (χ0n) is 17.4. The van der Waals surface area contributed by atoms with Crippen molar-refractivity contribution in [3.05, 3.63) is 83.0 Å². The first-order valence-corrected chi connectivity index (χ1v) is 10.7. The van der Waals surface area contributed by atoms with E-state index in [1.165, 1.54) is 0 Å². The number of aromatic nitrogens is 4. The molecular weight excluding hydrogens is 438 g/mol. The number of fused-ring (bicyclic) bond motifs is 1. The van der Waals surface area contributed by atoms with E-state index in [1.54, 1.807) is 41.8 Å². The number of hydrogen-bond donors (Lipinski definition) is 2. The highest BCUT2D eigenvalue weighted by Gasteiger charge is 2.28. The van der Waals surface area contributed by atoms with E-state index >= 15 is 0 Å². The summed E-state index contributed by atoms with van der Waals surface area (Å²) >= 11 is 6.13. The molecule has 1 aromatic carbocycles. The maximum atomic E-state index is 13.1. The number of rotatable bonds is 5. The lowest BCUT2D eigenvalue weighted by atomic mass is 9.98. The van der Waals surface area contributed by atoms with Crippen molar-refractivity contribution in [3.8, 4) is 17.2 Å². The lowest BCUT2D eigenvalue weighted by molar-refractivity contribution is -0.117. The molecule has 0 radical (unpaired) electrons. The van der Waals surface area contributed by atoms with Gasteiger partial charge in [0.1, 0.15) is 17.0 Å². The van der Waals surface area contributed by atoms with Crippen LogP contribution in [-0.2, 0) is 17.6 Å². The molecule has 162 valence electrons. The normalized spacial score (nSPS) is 12.3. The topological polar surface area (TPSA) is 111 Å². The Morgan fingerprint density at radius 2 is 2.12 bits per heavy atom. The molecule has 1 amide bonds. The molecule has 0 saturated carbocycles. The molecule has 2 N–H and O–H groups in total. The lowest BCUT2D eigenvalue weighted by Gasteiger charge is -2.19. The number of nitrogens with one attached hydrogen (secondary N) is 2. The summed E-state index contributed by atoms with van der Waals surface area (Å²) in [5, 5.41) is 20.1. The van der Waals surface area contributed by atoms with Crippen molar-refractivity contribution in [3.63, 3.8) is 0 Å². The number of aromatic amines is 1. The Kier molecular flexibility index (Phi) is 5.47.